The molecule has 148 valence electrons. The summed E-state index contributed by atoms with van der Waals surface area (Å²) in [6.45, 7) is 4.07. The number of nitrogens with zero attached hydrogens (tertiary/aromatic N) is 4. The molecule has 1 amide bonds. The molecule has 3 heterocycles. The molecule has 0 aliphatic heterocycles. The van der Waals surface area contributed by atoms with Crippen molar-refractivity contribution < 1.29 is 9.18 Å². The molecule has 0 saturated carbocycles. The fourth-order valence-corrected chi connectivity index (χ4v) is 5.84. The number of thioether (sulfide) groups is 1. The van der Waals surface area contributed by atoms with Gasteiger partial charge in [0.25, 0.3) is 0 Å². The van der Waals surface area contributed by atoms with Gasteiger partial charge in [0.1, 0.15) is 22.0 Å². The van der Waals surface area contributed by atoms with E-state index in [-0.39, 0.29) is 11.7 Å². The molecule has 5 nitrogen and oxygen atoms in total. The Balaban J connectivity index is 1.60. The van der Waals surface area contributed by atoms with Gasteiger partial charge in [-0.1, -0.05) is 23.9 Å². The third-order valence-corrected chi connectivity index (χ3v) is 7.14. The number of carbonyl (C=O) groups is 1. The molecule has 0 N–H and O–H groups in total. The van der Waals surface area contributed by atoms with Gasteiger partial charge in [0.2, 0.25) is 5.91 Å². The van der Waals surface area contributed by atoms with Gasteiger partial charge in [-0.05, 0) is 24.6 Å². The van der Waals surface area contributed by atoms with Crippen molar-refractivity contribution in [3.05, 3.63) is 52.9 Å². The summed E-state index contributed by atoms with van der Waals surface area (Å²) in [5.41, 5.74) is 2.84. The van der Waals surface area contributed by atoms with Crippen molar-refractivity contribution in [1.29, 1.82) is 0 Å². The van der Waals surface area contributed by atoms with Gasteiger partial charge in [0, 0.05) is 35.5 Å². The first-order valence-electron chi connectivity index (χ1n) is 8.90. The Morgan fingerprint density at radius 2 is 1.97 bits per heavy atom. The average molecular weight is 445 g/mol. The molecule has 0 aliphatic carbocycles. The predicted octanol–water partition coefficient (Wildman–Crippen LogP) is 5.62. The van der Waals surface area contributed by atoms with E-state index in [4.69, 9.17) is 0 Å². The van der Waals surface area contributed by atoms with Crippen molar-refractivity contribution in [3.8, 4) is 11.1 Å². The second-order valence-electron chi connectivity index (χ2n) is 6.19. The molecule has 4 rings (SSSR count). The molecule has 3 aromatic heterocycles. The van der Waals surface area contributed by atoms with Crippen molar-refractivity contribution in [1.82, 2.24) is 15.0 Å². The molecule has 1 aromatic carbocycles. The van der Waals surface area contributed by atoms with Gasteiger partial charge in [-0.25, -0.2) is 19.3 Å². The van der Waals surface area contributed by atoms with E-state index in [1.165, 1.54) is 23.5 Å². The largest absolute Gasteiger partial charge is 0.289 e. The molecule has 0 bridgehead atoms. The number of thiazole rings is 1. The number of fused-ring (bicyclic) bond motifs is 1. The highest BCUT2D eigenvalue weighted by atomic mass is 32.2. The van der Waals surface area contributed by atoms with Crippen LogP contribution in [0.25, 0.3) is 21.3 Å². The number of anilines is 1. The quantitative estimate of drug-likeness (QED) is 0.285. The summed E-state index contributed by atoms with van der Waals surface area (Å²) < 4.78 is 13.3. The number of halogens is 1. The van der Waals surface area contributed by atoms with Crippen LogP contribution < -0.4 is 4.90 Å². The molecule has 0 spiro atoms. The van der Waals surface area contributed by atoms with Crippen molar-refractivity contribution >= 4 is 55.7 Å². The van der Waals surface area contributed by atoms with Gasteiger partial charge in [0.15, 0.2) is 5.13 Å². The van der Waals surface area contributed by atoms with E-state index in [9.17, 15) is 9.18 Å². The zero-order valence-electron chi connectivity index (χ0n) is 15.8. The van der Waals surface area contributed by atoms with Crippen LogP contribution in [0.4, 0.5) is 9.52 Å². The number of rotatable bonds is 6. The van der Waals surface area contributed by atoms with Crippen LogP contribution in [0.15, 0.2) is 46.4 Å². The SMILES string of the molecule is CCN(C(C)=O)c1nc(CSc2ncnc3scc(-c4ccc(F)cc4)c23)cs1. The van der Waals surface area contributed by atoms with Crippen molar-refractivity contribution in [3.63, 3.8) is 0 Å². The number of thiophene rings is 1. The van der Waals surface area contributed by atoms with Gasteiger partial charge in [0.05, 0.1) is 11.1 Å². The van der Waals surface area contributed by atoms with E-state index in [1.54, 1.807) is 53.4 Å². The lowest BCUT2D eigenvalue weighted by Crippen LogP contribution is -2.27. The Morgan fingerprint density at radius 3 is 2.69 bits per heavy atom. The Hall–Kier alpha value is -2.36. The zero-order chi connectivity index (χ0) is 20.4. The Morgan fingerprint density at radius 1 is 1.17 bits per heavy atom. The minimum atomic E-state index is -0.259. The van der Waals surface area contributed by atoms with Gasteiger partial charge < -0.3 is 0 Å². The van der Waals surface area contributed by atoms with Crippen LogP contribution in [0, 0.1) is 5.82 Å². The van der Waals surface area contributed by atoms with E-state index in [2.05, 4.69) is 15.0 Å². The molecule has 9 heteroatoms. The molecule has 4 aromatic rings. The Labute approximate surface area is 179 Å². The fraction of sp³-hybridized carbons (Fsp3) is 0.200. The number of benzene rings is 1. The van der Waals surface area contributed by atoms with Crippen LogP contribution in [-0.2, 0) is 10.5 Å². The zero-order valence-corrected chi connectivity index (χ0v) is 18.2. The van der Waals surface area contributed by atoms with Crippen LogP contribution in [0.5, 0.6) is 0 Å². The third kappa shape index (κ3) is 4.17. The average Bonchev–Trinajstić information content (AvgIpc) is 3.35. The van der Waals surface area contributed by atoms with Crippen molar-refractivity contribution in [2.24, 2.45) is 0 Å². The lowest BCUT2D eigenvalue weighted by atomic mass is 10.1. The first-order valence-corrected chi connectivity index (χ1v) is 11.6. The number of hydrogen-bond donors (Lipinski definition) is 0. The van der Waals surface area contributed by atoms with Gasteiger partial charge >= 0.3 is 0 Å². The number of amides is 1. The van der Waals surface area contributed by atoms with Gasteiger partial charge in [-0.3, -0.25) is 9.69 Å². The lowest BCUT2D eigenvalue weighted by Gasteiger charge is -2.14. The highest BCUT2D eigenvalue weighted by Crippen LogP contribution is 2.39. The van der Waals surface area contributed by atoms with Crippen LogP contribution in [0.1, 0.15) is 19.5 Å². The molecule has 0 fully saturated rings. The summed E-state index contributed by atoms with van der Waals surface area (Å²) in [7, 11) is 0. The molecular weight excluding hydrogens is 427 g/mol. The first kappa shape index (κ1) is 19.9. The monoisotopic (exact) mass is 444 g/mol. The fourth-order valence-electron chi connectivity index (χ4n) is 2.92. The third-order valence-electron chi connectivity index (χ3n) is 4.31. The first-order chi connectivity index (χ1) is 14.1. The highest BCUT2D eigenvalue weighted by molar-refractivity contribution is 7.98. The Kier molecular flexibility index (Phi) is 5.89. The standard InChI is InChI=1S/C20H17FN4OS3/c1-3-25(12(2)26)20-24-15(9-29-20)8-27-18-17-16(10-28-19(17)23-11-22-18)13-4-6-14(21)7-5-13/h4-7,9-11H,3,8H2,1-2H3. The minimum absolute atomic E-state index is 0.0132. The number of aromatic nitrogens is 3. The summed E-state index contributed by atoms with van der Waals surface area (Å²) >= 11 is 4.60. The maximum atomic E-state index is 13.3. The van der Waals surface area contributed by atoms with Crippen molar-refractivity contribution in [2.75, 3.05) is 11.4 Å². The molecule has 0 saturated heterocycles. The van der Waals surface area contributed by atoms with E-state index in [0.29, 0.717) is 17.4 Å². The van der Waals surface area contributed by atoms with Crippen LogP contribution in [0.3, 0.4) is 0 Å². The highest BCUT2D eigenvalue weighted by Gasteiger charge is 2.16. The molecular formula is C20H17FN4OS3. The summed E-state index contributed by atoms with van der Waals surface area (Å²) in [6, 6.07) is 6.46. The second kappa shape index (κ2) is 8.56. The molecule has 29 heavy (non-hydrogen) atoms. The normalized spacial score (nSPS) is 11.1. The summed E-state index contributed by atoms with van der Waals surface area (Å²) in [6.07, 6.45) is 1.57. The maximum absolute atomic E-state index is 13.3. The number of carbonyl (C=O) groups excluding carboxylic acids is 1. The van der Waals surface area contributed by atoms with E-state index < -0.39 is 0 Å². The maximum Gasteiger partial charge on any atom is 0.225 e. The van der Waals surface area contributed by atoms with Crippen molar-refractivity contribution in [2.45, 2.75) is 24.6 Å². The molecule has 0 aliphatic rings. The topological polar surface area (TPSA) is 59.0 Å². The van der Waals surface area contributed by atoms with Gasteiger partial charge in [-0.2, -0.15) is 0 Å². The molecule has 0 radical (unpaired) electrons. The van der Waals surface area contributed by atoms with E-state index in [0.717, 1.165) is 32.1 Å². The van der Waals surface area contributed by atoms with E-state index in [1.807, 2.05) is 17.7 Å². The summed E-state index contributed by atoms with van der Waals surface area (Å²) in [5.74, 6) is 0.363. The van der Waals surface area contributed by atoms with Crippen LogP contribution in [0.2, 0.25) is 0 Å². The van der Waals surface area contributed by atoms with Crippen LogP contribution in [-0.4, -0.2) is 27.4 Å². The lowest BCUT2D eigenvalue weighted by molar-refractivity contribution is -0.116. The van der Waals surface area contributed by atoms with E-state index >= 15 is 0 Å². The summed E-state index contributed by atoms with van der Waals surface area (Å²) in [4.78, 5) is 27.7. The smallest absolute Gasteiger partial charge is 0.225 e. The molecule has 0 unspecified atom stereocenters. The summed E-state index contributed by atoms with van der Waals surface area (Å²) in [5, 5.41) is 6.56. The van der Waals surface area contributed by atoms with Crippen LogP contribution >= 0.6 is 34.4 Å². The number of hydrogen-bond acceptors (Lipinski definition) is 7. The van der Waals surface area contributed by atoms with Gasteiger partial charge in [-0.15, -0.1) is 22.7 Å². The minimum Gasteiger partial charge on any atom is -0.289 e. The molecule has 0 atom stereocenters. The Bertz CT molecular complexity index is 1160. The second-order valence-corrected chi connectivity index (χ2v) is 8.85. The predicted molar refractivity (Wildman–Crippen MR) is 118 cm³/mol.